The summed E-state index contributed by atoms with van der Waals surface area (Å²) in [5, 5.41) is 7.51. The lowest BCUT2D eigenvalue weighted by molar-refractivity contribution is 0.0276. The van der Waals surface area contributed by atoms with Crippen LogP contribution in [-0.2, 0) is 11.3 Å². The van der Waals surface area contributed by atoms with Crippen molar-refractivity contribution in [3.05, 3.63) is 30.6 Å². The summed E-state index contributed by atoms with van der Waals surface area (Å²) in [5.41, 5.74) is 1.14. The zero-order valence-corrected chi connectivity index (χ0v) is 8.15. The molecule has 1 saturated heterocycles. The maximum Gasteiger partial charge on any atom is 0.0980 e. The van der Waals surface area contributed by atoms with Gasteiger partial charge in [-0.2, -0.15) is 5.10 Å². The molecule has 1 aliphatic rings. The highest BCUT2D eigenvalue weighted by atomic mass is 16.5. The third-order valence-corrected chi connectivity index (χ3v) is 2.27. The molecule has 1 aliphatic heterocycles. The number of nitrogens with one attached hydrogen (secondary N) is 1. The van der Waals surface area contributed by atoms with Crippen molar-refractivity contribution >= 4 is 0 Å². The molecule has 0 aliphatic carbocycles. The van der Waals surface area contributed by atoms with Gasteiger partial charge in [-0.1, -0.05) is 6.08 Å². The van der Waals surface area contributed by atoms with Gasteiger partial charge in [0, 0.05) is 24.8 Å². The summed E-state index contributed by atoms with van der Waals surface area (Å²) < 4.78 is 7.48. The van der Waals surface area contributed by atoms with E-state index in [-0.39, 0.29) is 6.10 Å². The van der Waals surface area contributed by atoms with E-state index in [1.807, 2.05) is 23.2 Å². The molecule has 14 heavy (non-hydrogen) atoms. The number of aromatic nitrogens is 2. The summed E-state index contributed by atoms with van der Waals surface area (Å²) in [5.74, 6) is 0. The Labute approximate surface area is 83.6 Å². The summed E-state index contributed by atoms with van der Waals surface area (Å²) >= 11 is 0. The fourth-order valence-electron chi connectivity index (χ4n) is 1.56. The molecule has 1 atom stereocenters. The smallest absolute Gasteiger partial charge is 0.0980 e. The lowest BCUT2D eigenvalue weighted by atomic mass is 10.2. The average Bonchev–Trinajstić information content (AvgIpc) is 2.68. The van der Waals surface area contributed by atoms with Crippen LogP contribution in [0.2, 0.25) is 0 Å². The van der Waals surface area contributed by atoms with Crippen molar-refractivity contribution in [3.63, 3.8) is 0 Å². The molecule has 76 valence electrons. The molecule has 0 amide bonds. The van der Waals surface area contributed by atoms with E-state index in [0.29, 0.717) is 0 Å². The molecule has 1 fully saturated rings. The zero-order chi connectivity index (χ0) is 9.80. The van der Waals surface area contributed by atoms with Gasteiger partial charge in [-0.05, 0) is 0 Å². The number of ether oxygens (including phenoxy) is 1. The molecule has 4 nitrogen and oxygen atoms in total. The molecule has 0 spiro atoms. The van der Waals surface area contributed by atoms with E-state index in [9.17, 15) is 0 Å². The lowest BCUT2D eigenvalue weighted by Crippen LogP contribution is -2.33. The van der Waals surface area contributed by atoms with Gasteiger partial charge >= 0.3 is 0 Å². The van der Waals surface area contributed by atoms with Crippen LogP contribution in [0.1, 0.15) is 11.7 Å². The van der Waals surface area contributed by atoms with Crippen molar-refractivity contribution in [1.29, 1.82) is 0 Å². The molecule has 0 bridgehead atoms. The van der Waals surface area contributed by atoms with Gasteiger partial charge < -0.3 is 10.1 Å². The second kappa shape index (κ2) is 4.39. The average molecular weight is 193 g/mol. The first-order valence-electron chi connectivity index (χ1n) is 4.85. The predicted molar refractivity (Wildman–Crippen MR) is 54.0 cm³/mol. The van der Waals surface area contributed by atoms with Crippen molar-refractivity contribution in [2.24, 2.45) is 0 Å². The van der Waals surface area contributed by atoms with Gasteiger partial charge in [0.15, 0.2) is 0 Å². The van der Waals surface area contributed by atoms with Crippen molar-refractivity contribution in [3.8, 4) is 0 Å². The monoisotopic (exact) mass is 193 g/mol. The van der Waals surface area contributed by atoms with Gasteiger partial charge in [-0.15, -0.1) is 6.58 Å². The largest absolute Gasteiger partial charge is 0.371 e. The number of hydrogen-bond donors (Lipinski definition) is 1. The van der Waals surface area contributed by atoms with Gasteiger partial charge in [-0.25, -0.2) is 0 Å². The highest BCUT2D eigenvalue weighted by Crippen LogP contribution is 2.17. The minimum Gasteiger partial charge on any atom is -0.371 e. The van der Waals surface area contributed by atoms with Crippen LogP contribution in [0.4, 0.5) is 0 Å². The minimum absolute atomic E-state index is 0.155. The molecule has 1 aromatic rings. The fraction of sp³-hybridized carbons (Fsp3) is 0.500. The second-order valence-electron chi connectivity index (χ2n) is 3.35. The van der Waals surface area contributed by atoms with E-state index in [0.717, 1.165) is 31.8 Å². The molecule has 2 rings (SSSR count). The highest BCUT2D eigenvalue weighted by Gasteiger charge is 2.16. The Bertz CT molecular complexity index is 302. The van der Waals surface area contributed by atoms with Gasteiger partial charge in [0.1, 0.15) is 0 Å². The standard InChI is InChI=1S/C10H15N3O/c1-2-4-13-8-9(6-12-13)10-7-11-3-5-14-10/h2,6,8,10-11H,1,3-5,7H2. The molecule has 4 heteroatoms. The fourth-order valence-corrected chi connectivity index (χ4v) is 1.56. The van der Waals surface area contributed by atoms with Gasteiger partial charge in [-0.3, -0.25) is 4.68 Å². The molecule has 2 heterocycles. The molecular weight excluding hydrogens is 178 g/mol. The molecule has 1 N–H and O–H groups in total. The SMILES string of the molecule is C=CCn1cc(C2CNCCO2)cn1. The number of nitrogens with zero attached hydrogens (tertiary/aromatic N) is 2. The van der Waals surface area contributed by atoms with Crippen molar-refractivity contribution in [2.45, 2.75) is 12.6 Å². The molecule has 0 radical (unpaired) electrons. The summed E-state index contributed by atoms with van der Waals surface area (Å²) in [6.45, 7) is 7.02. The first-order valence-corrected chi connectivity index (χ1v) is 4.85. The second-order valence-corrected chi connectivity index (χ2v) is 3.35. The normalized spacial score (nSPS) is 22.1. The third-order valence-electron chi connectivity index (χ3n) is 2.27. The van der Waals surface area contributed by atoms with E-state index in [1.54, 1.807) is 0 Å². The first kappa shape index (κ1) is 9.43. The van der Waals surface area contributed by atoms with Gasteiger partial charge in [0.25, 0.3) is 0 Å². The van der Waals surface area contributed by atoms with Gasteiger partial charge in [0.05, 0.1) is 25.5 Å². The number of morpholine rings is 1. The molecule has 1 unspecified atom stereocenters. The molecular formula is C10H15N3O. The van der Waals surface area contributed by atoms with Crippen LogP contribution in [0.25, 0.3) is 0 Å². The number of hydrogen-bond acceptors (Lipinski definition) is 3. The Morgan fingerprint density at radius 2 is 2.71 bits per heavy atom. The number of allylic oxidation sites excluding steroid dienone is 1. The highest BCUT2D eigenvalue weighted by molar-refractivity contribution is 5.09. The Morgan fingerprint density at radius 3 is 3.43 bits per heavy atom. The van der Waals surface area contributed by atoms with E-state index in [1.165, 1.54) is 0 Å². The Kier molecular flexibility index (Phi) is 2.96. The van der Waals surface area contributed by atoms with Crippen LogP contribution < -0.4 is 5.32 Å². The van der Waals surface area contributed by atoms with Crippen molar-refractivity contribution in [1.82, 2.24) is 15.1 Å². The van der Waals surface area contributed by atoms with Crippen LogP contribution in [0.15, 0.2) is 25.0 Å². The van der Waals surface area contributed by atoms with Crippen LogP contribution in [0.5, 0.6) is 0 Å². The Balaban J connectivity index is 2.03. The Morgan fingerprint density at radius 1 is 1.79 bits per heavy atom. The number of rotatable bonds is 3. The van der Waals surface area contributed by atoms with E-state index >= 15 is 0 Å². The van der Waals surface area contributed by atoms with Crippen molar-refractivity contribution < 1.29 is 4.74 Å². The van der Waals surface area contributed by atoms with Crippen LogP contribution in [0.3, 0.4) is 0 Å². The molecule has 0 saturated carbocycles. The predicted octanol–water partition coefficient (Wildman–Crippen LogP) is 0.730. The van der Waals surface area contributed by atoms with Gasteiger partial charge in [0.2, 0.25) is 0 Å². The van der Waals surface area contributed by atoms with E-state index in [4.69, 9.17) is 4.74 Å². The van der Waals surface area contributed by atoms with Crippen molar-refractivity contribution in [2.75, 3.05) is 19.7 Å². The van der Waals surface area contributed by atoms with Crippen LogP contribution in [0, 0.1) is 0 Å². The lowest BCUT2D eigenvalue weighted by Gasteiger charge is -2.22. The topological polar surface area (TPSA) is 39.1 Å². The Hall–Kier alpha value is -1.13. The minimum atomic E-state index is 0.155. The van der Waals surface area contributed by atoms with Crippen LogP contribution in [-0.4, -0.2) is 29.5 Å². The third kappa shape index (κ3) is 2.02. The zero-order valence-electron chi connectivity index (χ0n) is 8.15. The molecule has 1 aromatic heterocycles. The first-order chi connectivity index (χ1) is 6.90. The summed E-state index contributed by atoms with van der Waals surface area (Å²) in [7, 11) is 0. The molecule has 0 aromatic carbocycles. The maximum absolute atomic E-state index is 5.61. The summed E-state index contributed by atoms with van der Waals surface area (Å²) in [6, 6.07) is 0. The van der Waals surface area contributed by atoms with Crippen LogP contribution >= 0.6 is 0 Å². The summed E-state index contributed by atoms with van der Waals surface area (Å²) in [4.78, 5) is 0. The van der Waals surface area contributed by atoms with E-state index in [2.05, 4.69) is 17.0 Å². The maximum atomic E-state index is 5.61. The quantitative estimate of drug-likeness (QED) is 0.719. The summed E-state index contributed by atoms with van der Waals surface area (Å²) in [6.07, 6.45) is 5.86. The van der Waals surface area contributed by atoms with E-state index < -0.39 is 0 Å².